The third-order valence-corrected chi connectivity index (χ3v) is 16.4. The van der Waals surface area contributed by atoms with E-state index in [1.807, 2.05) is 12.3 Å². The zero-order valence-electron chi connectivity index (χ0n) is 32.2. The largest absolute Gasteiger partial charge is 0.462 e. The Morgan fingerprint density at radius 2 is 1.65 bits per heavy atom. The predicted molar refractivity (Wildman–Crippen MR) is 195 cm³/mol. The molecule has 4 nitrogen and oxygen atoms in total. The molecular formula is C44H67NO3. The van der Waals surface area contributed by atoms with E-state index in [1.54, 1.807) is 0 Å². The third kappa shape index (κ3) is 5.30. The number of fused-ring (bicyclic) bond motifs is 7. The number of ketones is 1. The molecule has 0 N–H and O–H groups in total. The number of hydrogen-bond acceptors (Lipinski definition) is 4. The van der Waals surface area contributed by atoms with Gasteiger partial charge in [-0.1, -0.05) is 80.5 Å². The lowest BCUT2D eigenvalue weighted by molar-refractivity contribution is -0.249. The number of carbonyl (C=O) groups excluding carboxylic acids is 2. The molecule has 5 aliphatic carbocycles. The maximum atomic E-state index is 14.9. The number of Topliss-reactive ketones (excluding diaryl/α,β-unsaturated/α-hetero) is 1. The van der Waals surface area contributed by atoms with Gasteiger partial charge in [-0.3, -0.25) is 14.6 Å². The van der Waals surface area contributed by atoms with Crippen LogP contribution in [0.5, 0.6) is 0 Å². The van der Waals surface area contributed by atoms with E-state index < -0.39 is 0 Å². The minimum Gasteiger partial charge on any atom is -0.462 e. The molecule has 6 unspecified atom stereocenters. The topological polar surface area (TPSA) is 56.3 Å². The fourth-order valence-electron chi connectivity index (χ4n) is 13.8. The number of nitrogens with zero attached hydrogens (tertiary/aromatic N) is 1. The SMILES string of the molecule is C=C(C)C1CC[C@]2(C(=O)CC(C)(C)c3ccccn3)CC[C@]3(C)C(CCC4[C@@]5(C)CCC(OC(=O)CC(C)C)C(C)(C)C5CC[C@]43C)C12. The fraction of sp³-hybridized carbons (Fsp3) is 0.795. The number of allylic oxidation sites excluding steroid dienone is 1. The van der Waals surface area contributed by atoms with Crippen LogP contribution in [0.2, 0.25) is 0 Å². The van der Waals surface area contributed by atoms with Crippen LogP contribution in [0.3, 0.4) is 0 Å². The highest BCUT2D eigenvalue weighted by Crippen LogP contribution is 2.77. The van der Waals surface area contributed by atoms with Gasteiger partial charge in [-0.15, -0.1) is 0 Å². The number of esters is 1. The quantitative estimate of drug-likeness (QED) is 0.206. The normalized spacial score (nSPS) is 41.8. The summed E-state index contributed by atoms with van der Waals surface area (Å²) in [5.41, 5.74) is 2.38. The molecule has 48 heavy (non-hydrogen) atoms. The van der Waals surface area contributed by atoms with E-state index in [1.165, 1.54) is 31.3 Å². The van der Waals surface area contributed by atoms with E-state index >= 15 is 0 Å². The second-order valence-electron chi connectivity index (χ2n) is 20.0. The second-order valence-corrected chi connectivity index (χ2v) is 20.0. The Kier molecular flexibility index (Phi) is 9.02. The van der Waals surface area contributed by atoms with Gasteiger partial charge in [0.15, 0.2) is 0 Å². The summed E-state index contributed by atoms with van der Waals surface area (Å²) >= 11 is 0. The van der Waals surface area contributed by atoms with E-state index in [4.69, 9.17) is 9.72 Å². The van der Waals surface area contributed by atoms with Crippen molar-refractivity contribution in [2.24, 2.45) is 62.6 Å². The van der Waals surface area contributed by atoms with Gasteiger partial charge in [0.1, 0.15) is 11.9 Å². The standard InChI is InChI=1S/C44H67NO3/c1-28(2)26-37(47)48-36-19-20-41(9)32(40(36,7)8)18-21-43(11)33(41)16-15-31-38-30(29(3)4)17-22-44(38,24-23-42(31,43)10)35(46)27-39(5,6)34-14-12-13-25-45-34/h12-14,25,28,30-33,36,38H,3,15-24,26-27H2,1-2,4-11H3/t30?,31?,32?,33?,36?,38?,41-,42+,43+,44+/m0/s1. The van der Waals surface area contributed by atoms with Gasteiger partial charge in [0.25, 0.3) is 0 Å². The number of carbonyl (C=O) groups is 2. The molecule has 0 bridgehead atoms. The monoisotopic (exact) mass is 658 g/mol. The summed E-state index contributed by atoms with van der Waals surface area (Å²) in [7, 11) is 0. The average molecular weight is 658 g/mol. The molecule has 0 radical (unpaired) electrons. The minimum absolute atomic E-state index is 0.00423. The molecule has 0 spiro atoms. The van der Waals surface area contributed by atoms with Gasteiger partial charge in [0.2, 0.25) is 0 Å². The molecule has 266 valence electrons. The summed E-state index contributed by atoms with van der Waals surface area (Å²) in [4.78, 5) is 32.4. The highest BCUT2D eigenvalue weighted by Gasteiger charge is 2.72. The van der Waals surface area contributed by atoms with Crippen molar-refractivity contribution in [1.29, 1.82) is 0 Å². The van der Waals surface area contributed by atoms with Gasteiger partial charge in [-0.05, 0) is 135 Å². The van der Waals surface area contributed by atoms with Gasteiger partial charge in [0.05, 0.1) is 0 Å². The highest BCUT2D eigenvalue weighted by atomic mass is 16.5. The summed E-state index contributed by atoms with van der Waals surface area (Å²) in [6, 6.07) is 6.11. The van der Waals surface area contributed by atoms with Crippen LogP contribution in [-0.2, 0) is 19.7 Å². The summed E-state index contributed by atoms with van der Waals surface area (Å²) in [6.45, 7) is 28.2. The highest BCUT2D eigenvalue weighted by molar-refractivity contribution is 5.87. The molecule has 0 saturated heterocycles. The van der Waals surface area contributed by atoms with Crippen molar-refractivity contribution in [3.8, 4) is 0 Å². The number of rotatable bonds is 8. The third-order valence-electron chi connectivity index (χ3n) is 16.4. The van der Waals surface area contributed by atoms with Gasteiger partial charge < -0.3 is 4.74 Å². The van der Waals surface area contributed by atoms with E-state index in [-0.39, 0.29) is 44.6 Å². The fourth-order valence-corrected chi connectivity index (χ4v) is 13.8. The maximum Gasteiger partial charge on any atom is 0.306 e. The first kappa shape index (κ1) is 35.8. The van der Waals surface area contributed by atoms with Crippen molar-refractivity contribution < 1.29 is 14.3 Å². The predicted octanol–water partition coefficient (Wildman–Crippen LogP) is 10.9. The lowest BCUT2D eigenvalue weighted by Crippen LogP contribution is -2.67. The van der Waals surface area contributed by atoms with Crippen LogP contribution in [0, 0.1) is 62.6 Å². The Morgan fingerprint density at radius 3 is 2.29 bits per heavy atom. The van der Waals surface area contributed by atoms with Gasteiger partial charge in [-0.25, -0.2) is 0 Å². The Hall–Kier alpha value is -1.97. The summed E-state index contributed by atoms with van der Waals surface area (Å²) < 4.78 is 6.27. The second kappa shape index (κ2) is 12.1. The van der Waals surface area contributed by atoms with Crippen LogP contribution < -0.4 is 0 Å². The van der Waals surface area contributed by atoms with Crippen molar-refractivity contribution in [3.05, 3.63) is 42.2 Å². The summed E-state index contributed by atoms with van der Waals surface area (Å²) in [5, 5.41) is 0. The molecule has 0 amide bonds. The first-order valence-electron chi connectivity index (χ1n) is 19.6. The minimum atomic E-state index is -0.287. The molecular weight excluding hydrogens is 590 g/mol. The molecule has 5 aliphatic rings. The number of pyridine rings is 1. The molecule has 4 heteroatoms. The van der Waals surface area contributed by atoms with Crippen LogP contribution in [0.4, 0.5) is 0 Å². The van der Waals surface area contributed by atoms with Crippen molar-refractivity contribution in [2.45, 2.75) is 158 Å². The lowest BCUT2D eigenvalue weighted by atomic mass is 9.32. The number of hydrogen-bond donors (Lipinski definition) is 0. The summed E-state index contributed by atoms with van der Waals surface area (Å²) in [6.07, 6.45) is 14.3. The van der Waals surface area contributed by atoms with Gasteiger partial charge in [0, 0.05) is 41.0 Å². The zero-order valence-corrected chi connectivity index (χ0v) is 32.2. The molecule has 1 aromatic heterocycles. The van der Waals surface area contributed by atoms with Crippen LogP contribution in [-0.4, -0.2) is 22.8 Å². The molecule has 10 atom stereocenters. The average Bonchev–Trinajstić information content (AvgIpc) is 3.40. The van der Waals surface area contributed by atoms with Crippen LogP contribution in [0.1, 0.15) is 152 Å². The molecule has 0 aromatic carbocycles. The zero-order chi connectivity index (χ0) is 35.1. The molecule has 1 aromatic rings. The summed E-state index contributed by atoms with van der Waals surface area (Å²) in [5.74, 6) is 3.34. The Balaban J connectivity index is 1.30. The first-order valence-corrected chi connectivity index (χ1v) is 19.6. The molecule has 6 rings (SSSR count). The lowest BCUT2D eigenvalue weighted by Gasteiger charge is -2.73. The molecule has 5 saturated carbocycles. The molecule has 1 heterocycles. The van der Waals surface area contributed by atoms with Crippen LogP contribution in [0.25, 0.3) is 0 Å². The smallest absolute Gasteiger partial charge is 0.306 e. The number of ether oxygens (including phenoxy) is 1. The van der Waals surface area contributed by atoms with Gasteiger partial charge in [-0.2, -0.15) is 0 Å². The number of aromatic nitrogens is 1. The van der Waals surface area contributed by atoms with E-state index in [2.05, 4.69) is 87.9 Å². The molecule has 5 fully saturated rings. The van der Waals surface area contributed by atoms with Crippen molar-refractivity contribution >= 4 is 11.8 Å². The van der Waals surface area contributed by atoms with E-state index in [0.717, 1.165) is 44.2 Å². The van der Waals surface area contributed by atoms with E-state index in [9.17, 15) is 9.59 Å². The Bertz CT molecular complexity index is 1410. The van der Waals surface area contributed by atoms with Crippen LogP contribution in [0.15, 0.2) is 36.5 Å². The first-order chi connectivity index (χ1) is 22.3. The van der Waals surface area contributed by atoms with Crippen molar-refractivity contribution in [2.75, 3.05) is 0 Å². The van der Waals surface area contributed by atoms with Crippen molar-refractivity contribution in [3.63, 3.8) is 0 Å². The molecule has 0 aliphatic heterocycles. The Labute approximate surface area is 293 Å². The van der Waals surface area contributed by atoms with E-state index in [0.29, 0.717) is 54.1 Å². The van der Waals surface area contributed by atoms with Gasteiger partial charge >= 0.3 is 5.97 Å². The van der Waals surface area contributed by atoms with Crippen LogP contribution >= 0.6 is 0 Å². The van der Waals surface area contributed by atoms with Crippen molar-refractivity contribution in [1.82, 2.24) is 4.98 Å². The maximum absolute atomic E-state index is 14.9. The Morgan fingerprint density at radius 1 is 0.917 bits per heavy atom.